The number of hydrogen-bond donors (Lipinski definition) is 1. The molecule has 0 saturated carbocycles. The molecule has 1 aromatic heterocycles. The van der Waals surface area contributed by atoms with Crippen LogP contribution in [0, 0.1) is 0 Å². The van der Waals surface area contributed by atoms with Crippen LogP contribution in [-0.4, -0.2) is 11.9 Å². The van der Waals surface area contributed by atoms with Crippen molar-refractivity contribution < 1.29 is 9.21 Å². The lowest BCUT2D eigenvalue weighted by Gasteiger charge is -2.12. The standard InChI is InChI=1S/C12H18BrNO2/c1-3-4-5-6-9(2)14-12(15)10-7-8-11(13)16-10/h7-9H,3-6H2,1-2H3,(H,14,15)/t9-/m0/s1. The van der Waals surface area contributed by atoms with Gasteiger partial charge < -0.3 is 9.73 Å². The third-order valence-electron chi connectivity index (χ3n) is 2.42. The van der Waals surface area contributed by atoms with Crippen molar-refractivity contribution in [1.29, 1.82) is 0 Å². The van der Waals surface area contributed by atoms with Gasteiger partial charge in [0, 0.05) is 6.04 Å². The van der Waals surface area contributed by atoms with E-state index in [1.807, 2.05) is 6.92 Å². The Hall–Kier alpha value is -0.770. The minimum atomic E-state index is -0.144. The zero-order valence-corrected chi connectivity index (χ0v) is 11.3. The number of amides is 1. The molecule has 1 atom stereocenters. The van der Waals surface area contributed by atoms with E-state index in [-0.39, 0.29) is 11.9 Å². The highest BCUT2D eigenvalue weighted by molar-refractivity contribution is 9.10. The van der Waals surface area contributed by atoms with Crippen LogP contribution >= 0.6 is 15.9 Å². The number of halogens is 1. The van der Waals surface area contributed by atoms with Crippen molar-refractivity contribution in [3.8, 4) is 0 Å². The average molecular weight is 288 g/mol. The molecule has 0 spiro atoms. The summed E-state index contributed by atoms with van der Waals surface area (Å²) in [5.74, 6) is 0.212. The maximum absolute atomic E-state index is 11.7. The summed E-state index contributed by atoms with van der Waals surface area (Å²) in [6.45, 7) is 4.19. The fraction of sp³-hybridized carbons (Fsp3) is 0.583. The summed E-state index contributed by atoms with van der Waals surface area (Å²) in [6.07, 6.45) is 4.58. The Kier molecular flexibility index (Phi) is 5.60. The summed E-state index contributed by atoms with van der Waals surface area (Å²) >= 11 is 3.17. The van der Waals surface area contributed by atoms with Gasteiger partial charge in [0.05, 0.1) is 0 Å². The Balaban J connectivity index is 2.33. The molecular formula is C12H18BrNO2. The lowest BCUT2D eigenvalue weighted by Crippen LogP contribution is -2.32. The second kappa shape index (κ2) is 6.74. The first kappa shape index (κ1) is 13.3. The van der Waals surface area contributed by atoms with Crippen LogP contribution in [0.15, 0.2) is 21.2 Å². The normalized spacial score (nSPS) is 12.4. The SMILES string of the molecule is CCCCC[C@H](C)NC(=O)c1ccc(Br)o1. The molecular weight excluding hydrogens is 270 g/mol. The van der Waals surface area contributed by atoms with Crippen molar-refractivity contribution in [2.75, 3.05) is 0 Å². The van der Waals surface area contributed by atoms with Crippen molar-refractivity contribution in [1.82, 2.24) is 5.32 Å². The Labute approximate surface area is 105 Å². The third-order valence-corrected chi connectivity index (χ3v) is 2.84. The smallest absolute Gasteiger partial charge is 0.287 e. The third kappa shape index (κ3) is 4.39. The summed E-state index contributed by atoms with van der Waals surface area (Å²) in [7, 11) is 0. The van der Waals surface area contributed by atoms with Gasteiger partial charge in [-0.1, -0.05) is 26.2 Å². The van der Waals surface area contributed by atoms with Crippen LogP contribution in [0.1, 0.15) is 50.1 Å². The van der Waals surface area contributed by atoms with Crippen LogP contribution in [0.4, 0.5) is 0 Å². The molecule has 16 heavy (non-hydrogen) atoms. The van der Waals surface area contributed by atoms with Gasteiger partial charge in [0.15, 0.2) is 10.4 Å². The van der Waals surface area contributed by atoms with Gasteiger partial charge >= 0.3 is 0 Å². The molecule has 1 aromatic rings. The van der Waals surface area contributed by atoms with Crippen LogP contribution in [0.2, 0.25) is 0 Å². The minimum Gasteiger partial charge on any atom is -0.444 e. The Morgan fingerprint density at radius 1 is 1.50 bits per heavy atom. The molecule has 0 aromatic carbocycles. The fourth-order valence-electron chi connectivity index (χ4n) is 1.50. The highest BCUT2D eigenvalue weighted by Gasteiger charge is 2.12. The molecule has 1 amide bonds. The van der Waals surface area contributed by atoms with E-state index in [0.29, 0.717) is 10.4 Å². The number of nitrogens with one attached hydrogen (secondary N) is 1. The lowest BCUT2D eigenvalue weighted by molar-refractivity contribution is 0.0908. The monoisotopic (exact) mass is 287 g/mol. The average Bonchev–Trinajstić information content (AvgIpc) is 2.65. The Bertz CT molecular complexity index is 336. The quantitative estimate of drug-likeness (QED) is 0.810. The minimum absolute atomic E-state index is 0.144. The van der Waals surface area contributed by atoms with Gasteiger partial charge in [0.1, 0.15) is 0 Å². The number of hydrogen-bond acceptors (Lipinski definition) is 2. The van der Waals surface area contributed by atoms with E-state index >= 15 is 0 Å². The van der Waals surface area contributed by atoms with E-state index in [9.17, 15) is 4.79 Å². The van der Waals surface area contributed by atoms with E-state index in [1.54, 1.807) is 12.1 Å². The van der Waals surface area contributed by atoms with E-state index in [4.69, 9.17) is 4.42 Å². The lowest BCUT2D eigenvalue weighted by atomic mass is 10.1. The van der Waals surface area contributed by atoms with Gasteiger partial charge in [-0.3, -0.25) is 4.79 Å². The van der Waals surface area contributed by atoms with Crippen molar-refractivity contribution in [2.24, 2.45) is 0 Å². The summed E-state index contributed by atoms with van der Waals surface area (Å²) in [6, 6.07) is 3.58. The number of rotatable bonds is 6. The molecule has 4 heteroatoms. The van der Waals surface area contributed by atoms with Gasteiger partial charge in [-0.15, -0.1) is 0 Å². The van der Waals surface area contributed by atoms with Gasteiger partial charge in [0.25, 0.3) is 5.91 Å². The molecule has 1 heterocycles. The first-order valence-electron chi connectivity index (χ1n) is 5.69. The van der Waals surface area contributed by atoms with Gasteiger partial charge in [0.2, 0.25) is 0 Å². The maximum atomic E-state index is 11.7. The Morgan fingerprint density at radius 2 is 2.25 bits per heavy atom. The summed E-state index contributed by atoms with van der Waals surface area (Å²) in [5, 5.41) is 2.91. The number of furan rings is 1. The van der Waals surface area contributed by atoms with E-state index < -0.39 is 0 Å². The molecule has 1 rings (SSSR count). The molecule has 0 saturated heterocycles. The molecule has 0 fully saturated rings. The van der Waals surface area contributed by atoms with Crippen LogP contribution in [0.5, 0.6) is 0 Å². The molecule has 0 aliphatic heterocycles. The van der Waals surface area contributed by atoms with Crippen LogP contribution in [0.3, 0.4) is 0 Å². The molecule has 1 N–H and O–H groups in total. The molecule has 0 aliphatic rings. The molecule has 0 bridgehead atoms. The summed E-state index contributed by atoms with van der Waals surface area (Å²) < 4.78 is 5.76. The van der Waals surface area contributed by atoms with Gasteiger partial charge in [-0.2, -0.15) is 0 Å². The predicted molar refractivity (Wildman–Crippen MR) is 67.5 cm³/mol. The Morgan fingerprint density at radius 3 is 2.81 bits per heavy atom. The first-order valence-corrected chi connectivity index (χ1v) is 6.49. The van der Waals surface area contributed by atoms with Crippen molar-refractivity contribution in [3.63, 3.8) is 0 Å². The van der Waals surface area contributed by atoms with Gasteiger partial charge in [-0.05, 0) is 41.4 Å². The molecule has 0 unspecified atom stereocenters. The molecule has 3 nitrogen and oxygen atoms in total. The highest BCUT2D eigenvalue weighted by Crippen LogP contribution is 2.14. The summed E-state index contributed by atoms with van der Waals surface area (Å²) in [4.78, 5) is 11.7. The van der Waals surface area contributed by atoms with Crippen molar-refractivity contribution in [2.45, 2.75) is 45.6 Å². The van der Waals surface area contributed by atoms with Crippen LogP contribution in [0.25, 0.3) is 0 Å². The zero-order valence-electron chi connectivity index (χ0n) is 9.75. The second-order valence-electron chi connectivity index (χ2n) is 3.97. The largest absolute Gasteiger partial charge is 0.444 e. The van der Waals surface area contributed by atoms with Gasteiger partial charge in [-0.25, -0.2) is 0 Å². The van der Waals surface area contributed by atoms with Crippen LogP contribution in [-0.2, 0) is 0 Å². The first-order chi connectivity index (χ1) is 7.63. The number of carbonyl (C=O) groups is 1. The van der Waals surface area contributed by atoms with E-state index in [0.717, 1.165) is 12.8 Å². The predicted octanol–water partition coefficient (Wildman–Crippen LogP) is 3.74. The van der Waals surface area contributed by atoms with E-state index in [1.165, 1.54) is 12.8 Å². The highest BCUT2D eigenvalue weighted by atomic mass is 79.9. The molecule has 0 radical (unpaired) electrons. The summed E-state index contributed by atoms with van der Waals surface area (Å²) in [5.41, 5.74) is 0. The van der Waals surface area contributed by atoms with Crippen molar-refractivity contribution in [3.05, 3.63) is 22.6 Å². The topological polar surface area (TPSA) is 42.2 Å². The van der Waals surface area contributed by atoms with Crippen molar-refractivity contribution >= 4 is 21.8 Å². The number of carbonyl (C=O) groups excluding carboxylic acids is 1. The zero-order chi connectivity index (χ0) is 12.0. The van der Waals surface area contributed by atoms with E-state index in [2.05, 4.69) is 28.2 Å². The number of unbranched alkanes of at least 4 members (excludes halogenated alkanes) is 2. The second-order valence-corrected chi connectivity index (χ2v) is 4.76. The molecule has 0 aliphatic carbocycles. The fourth-order valence-corrected chi connectivity index (χ4v) is 1.81. The maximum Gasteiger partial charge on any atom is 0.287 e. The van der Waals surface area contributed by atoms with Crippen LogP contribution < -0.4 is 5.32 Å². The molecule has 90 valence electrons.